The summed E-state index contributed by atoms with van der Waals surface area (Å²) in [6.45, 7) is 1.36. The van der Waals surface area contributed by atoms with Crippen molar-refractivity contribution < 1.29 is 9.59 Å². The summed E-state index contributed by atoms with van der Waals surface area (Å²) >= 11 is 1.48. The molecule has 2 aromatic heterocycles. The lowest BCUT2D eigenvalue weighted by molar-refractivity contribution is -0.120. The van der Waals surface area contributed by atoms with Crippen LogP contribution in [0.4, 0.5) is 0 Å². The van der Waals surface area contributed by atoms with Gasteiger partial charge in [-0.2, -0.15) is 0 Å². The summed E-state index contributed by atoms with van der Waals surface area (Å²) < 4.78 is 0. The maximum Gasteiger partial charge on any atom is 0.263 e. The van der Waals surface area contributed by atoms with Gasteiger partial charge in [0, 0.05) is 37.8 Å². The van der Waals surface area contributed by atoms with Crippen LogP contribution in [-0.2, 0) is 4.79 Å². The number of nitrogens with zero attached hydrogens (tertiary/aromatic N) is 2. The fourth-order valence-corrected chi connectivity index (χ4v) is 4.66. The first-order valence-electron chi connectivity index (χ1n) is 8.22. The summed E-state index contributed by atoms with van der Waals surface area (Å²) in [5.74, 6) is 0.367. The van der Waals surface area contributed by atoms with Gasteiger partial charge in [-0.1, -0.05) is 6.07 Å². The summed E-state index contributed by atoms with van der Waals surface area (Å²) in [5.41, 5.74) is 0.923. The van der Waals surface area contributed by atoms with Gasteiger partial charge in [0.05, 0.1) is 10.4 Å². The van der Waals surface area contributed by atoms with Crippen molar-refractivity contribution in [2.75, 3.05) is 13.1 Å². The predicted octanol–water partition coefficient (Wildman–Crippen LogP) is 2.42. The van der Waals surface area contributed by atoms with E-state index in [1.807, 2.05) is 34.5 Å². The Hall–Kier alpha value is -2.21. The fourth-order valence-electron chi connectivity index (χ4n) is 3.97. The van der Waals surface area contributed by atoms with Crippen LogP contribution in [0.15, 0.2) is 42.0 Å². The lowest BCUT2D eigenvalue weighted by Crippen LogP contribution is -2.54. The predicted molar refractivity (Wildman–Crippen MR) is 91.9 cm³/mol. The molecule has 4 rings (SSSR count). The maximum atomic E-state index is 12.5. The fraction of sp³-hybridized carbons (Fsp3) is 0.389. The van der Waals surface area contributed by atoms with Crippen LogP contribution in [-0.4, -0.2) is 40.3 Å². The SMILES string of the molecule is O=C1CC(c2ccncc2)C2(CCN(C(=O)c3cccs3)CC2)N1. The Kier molecular flexibility index (Phi) is 3.84. The van der Waals surface area contributed by atoms with Gasteiger partial charge < -0.3 is 10.2 Å². The second-order valence-corrected chi connectivity index (χ2v) is 7.46. The summed E-state index contributed by atoms with van der Waals surface area (Å²) in [5, 5.41) is 5.14. The number of carbonyl (C=O) groups is 2. The zero-order valence-corrected chi connectivity index (χ0v) is 14.1. The molecule has 0 saturated carbocycles. The zero-order valence-electron chi connectivity index (χ0n) is 13.3. The van der Waals surface area contributed by atoms with E-state index in [2.05, 4.69) is 10.3 Å². The number of hydrogen-bond acceptors (Lipinski definition) is 4. The summed E-state index contributed by atoms with van der Waals surface area (Å²) in [6.07, 6.45) is 5.66. The van der Waals surface area contributed by atoms with Crippen LogP contribution >= 0.6 is 11.3 Å². The van der Waals surface area contributed by atoms with Gasteiger partial charge in [-0.05, 0) is 42.0 Å². The van der Waals surface area contributed by atoms with Gasteiger partial charge in [-0.15, -0.1) is 11.3 Å². The molecule has 1 N–H and O–H groups in total. The highest BCUT2D eigenvalue weighted by Crippen LogP contribution is 2.43. The van der Waals surface area contributed by atoms with Crippen LogP contribution < -0.4 is 5.32 Å². The number of piperidine rings is 1. The Labute approximate surface area is 144 Å². The molecule has 1 spiro atoms. The zero-order chi connectivity index (χ0) is 16.6. The van der Waals surface area contributed by atoms with Crippen molar-refractivity contribution >= 4 is 23.2 Å². The standard InChI is InChI=1S/C18H19N3O2S/c22-16-12-14(13-3-7-19-8-4-13)18(20-16)5-9-21(10-6-18)17(23)15-2-1-11-24-15/h1-4,7-8,11,14H,5-6,9-10,12H2,(H,20,22). The minimum absolute atomic E-state index is 0.102. The molecule has 0 radical (unpaired) electrons. The lowest BCUT2D eigenvalue weighted by atomic mass is 9.74. The van der Waals surface area contributed by atoms with Crippen LogP contribution in [0.2, 0.25) is 0 Å². The quantitative estimate of drug-likeness (QED) is 0.912. The van der Waals surface area contributed by atoms with Crippen molar-refractivity contribution in [2.45, 2.75) is 30.7 Å². The van der Waals surface area contributed by atoms with E-state index in [4.69, 9.17) is 0 Å². The monoisotopic (exact) mass is 341 g/mol. The van der Waals surface area contributed by atoms with Crippen molar-refractivity contribution in [1.29, 1.82) is 0 Å². The minimum atomic E-state index is -0.231. The molecule has 2 fully saturated rings. The van der Waals surface area contributed by atoms with Crippen LogP contribution in [0.5, 0.6) is 0 Å². The van der Waals surface area contributed by atoms with E-state index >= 15 is 0 Å². The third-order valence-corrected chi connectivity index (χ3v) is 6.09. The average molecular weight is 341 g/mol. The van der Waals surface area contributed by atoms with E-state index in [1.165, 1.54) is 11.3 Å². The first-order valence-corrected chi connectivity index (χ1v) is 9.10. The van der Waals surface area contributed by atoms with Gasteiger partial charge in [0.1, 0.15) is 0 Å². The summed E-state index contributed by atoms with van der Waals surface area (Å²) in [6, 6.07) is 7.76. The summed E-state index contributed by atoms with van der Waals surface area (Å²) in [4.78, 5) is 31.4. The van der Waals surface area contributed by atoms with Gasteiger partial charge in [0.15, 0.2) is 0 Å². The first kappa shape index (κ1) is 15.3. The average Bonchev–Trinajstić information content (AvgIpc) is 3.24. The molecule has 0 aromatic carbocycles. The van der Waals surface area contributed by atoms with Gasteiger partial charge in [-0.25, -0.2) is 0 Å². The van der Waals surface area contributed by atoms with Gasteiger partial charge >= 0.3 is 0 Å². The Morgan fingerprint density at radius 1 is 1.25 bits per heavy atom. The molecule has 0 aliphatic carbocycles. The van der Waals surface area contributed by atoms with Gasteiger partial charge in [0.2, 0.25) is 5.91 Å². The number of aromatic nitrogens is 1. The Morgan fingerprint density at radius 2 is 2.00 bits per heavy atom. The van der Waals surface area contributed by atoms with Crippen molar-refractivity contribution in [1.82, 2.24) is 15.2 Å². The minimum Gasteiger partial charge on any atom is -0.350 e. The Bertz CT molecular complexity index is 737. The van der Waals surface area contributed by atoms with Crippen LogP contribution in [0.25, 0.3) is 0 Å². The molecule has 1 unspecified atom stereocenters. The maximum absolute atomic E-state index is 12.5. The van der Waals surface area contributed by atoms with Crippen molar-refractivity contribution in [3.8, 4) is 0 Å². The molecule has 6 heteroatoms. The lowest BCUT2D eigenvalue weighted by Gasteiger charge is -2.42. The molecule has 124 valence electrons. The van der Waals surface area contributed by atoms with E-state index in [0.29, 0.717) is 19.5 Å². The molecule has 2 saturated heterocycles. The van der Waals surface area contributed by atoms with Gasteiger partial charge in [0.25, 0.3) is 5.91 Å². The molecule has 5 nitrogen and oxygen atoms in total. The van der Waals surface area contributed by atoms with E-state index in [0.717, 1.165) is 23.3 Å². The van der Waals surface area contributed by atoms with E-state index in [-0.39, 0.29) is 23.3 Å². The molecule has 24 heavy (non-hydrogen) atoms. The number of likely N-dealkylation sites (tertiary alicyclic amines) is 1. The third kappa shape index (κ3) is 2.60. The topological polar surface area (TPSA) is 62.3 Å². The molecule has 4 heterocycles. The summed E-state index contributed by atoms with van der Waals surface area (Å²) in [7, 11) is 0. The highest BCUT2D eigenvalue weighted by molar-refractivity contribution is 7.12. The smallest absolute Gasteiger partial charge is 0.263 e. The van der Waals surface area contributed by atoms with E-state index in [9.17, 15) is 9.59 Å². The molecule has 2 aliphatic heterocycles. The molecular formula is C18H19N3O2S. The third-order valence-electron chi connectivity index (χ3n) is 5.23. The molecule has 1 atom stereocenters. The van der Waals surface area contributed by atoms with Crippen molar-refractivity contribution in [2.24, 2.45) is 0 Å². The number of thiophene rings is 1. The number of nitrogens with one attached hydrogen (secondary N) is 1. The molecule has 2 amide bonds. The van der Waals surface area contributed by atoms with Crippen molar-refractivity contribution in [3.05, 3.63) is 52.5 Å². The van der Waals surface area contributed by atoms with E-state index < -0.39 is 0 Å². The van der Waals surface area contributed by atoms with Crippen molar-refractivity contribution in [3.63, 3.8) is 0 Å². The first-order chi connectivity index (χ1) is 11.7. The van der Waals surface area contributed by atoms with Crippen LogP contribution in [0.1, 0.15) is 40.4 Å². The van der Waals surface area contributed by atoms with Crippen LogP contribution in [0.3, 0.4) is 0 Å². The molecular weight excluding hydrogens is 322 g/mol. The second-order valence-electron chi connectivity index (χ2n) is 6.51. The molecule has 2 aromatic rings. The van der Waals surface area contributed by atoms with E-state index in [1.54, 1.807) is 12.4 Å². The number of rotatable bonds is 2. The number of hydrogen-bond donors (Lipinski definition) is 1. The normalized spacial score (nSPS) is 22.6. The largest absolute Gasteiger partial charge is 0.350 e. The highest BCUT2D eigenvalue weighted by atomic mass is 32.1. The second kappa shape index (κ2) is 6.02. The number of amides is 2. The molecule has 0 bridgehead atoms. The van der Waals surface area contributed by atoms with Gasteiger partial charge in [-0.3, -0.25) is 14.6 Å². The number of pyridine rings is 1. The number of carbonyl (C=O) groups excluding carboxylic acids is 2. The molecule has 2 aliphatic rings. The van der Waals surface area contributed by atoms with Crippen LogP contribution in [0, 0.1) is 0 Å². The highest BCUT2D eigenvalue weighted by Gasteiger charge is 2.49. The Balaban J connectivity index is 1.52. The Morgan fingerprint density at radius 3 is 2.67 bits per heavy atom.